The maximum absolute atomic E-state index is 12.2. The number of rotatable bonds is 7. The second kappa shape index (κ2) is 9.18. The number of aliphatic carboxylic acids is 1. The van der Waals surface area contributed by atoms with Gasteiger partial charge in [0.15, 0.2) is 0 Å². The molecule has 3 aromatic rings. The molecule has 6 nitrogen and oxygen atoms in total. The summed E-state index contributed by atoms with van der Waals surface area (Å²) in [5.74, 6) is -0.582. The number of carbonyl (C=O) groups is 1. The summed E-state index contributed by atoms with van der Waals surface area (Å²) in [6, 6.07) is 17.0. The van der Waals surface area contributed by atoms with E-state index in [1.54, 1.807) is 42.5 Å². The van der Waals surface area contributed by atoms with Crippen LogP contribution in [0.15, 0.2) is 60.7 Å². The highest BCUT2D eigenvalue weighted by Gasteiger charge is 2.22. The Hall–Kier alpha value is -2.74. The van der Waals surface area contributed by atoms with Crippen LogP contribution >= 0.6 is 23.2 Å². The zero-order chi connectivity index (χ0) is 22.8. The second-order valence-electron chi connectivity index (χ2n) is 6.89. The lowest BCUT2D eigenvalue weighted by Crippen LogP contribution is -2.34. The van der Waals surface area contributed by atoms with Crippen LogP contribution in [-0.2, 0) is 14.8 Å². The van der Waals surface area contributed by atoms with E-state index < -0.39 is 22.5 Å². The molecule has 162 valence electrons. The predicted molar refractivity (Wildman–Crippen MR) is 123 cm³/mol. The number of benzene rings is 3. The zero-order valence-electron chi connectivity index (χ0n) is 16.7. The van der Waals surface area contributed by atoms with Crippen LogP contribution in [0, 0.1) is 6.92 Å². The molecule has 3 aromatic carbocycles. The molecule has 0 spiro atoms. The smallest absolute Gasteiger partial charge is 0.324 e. The number of nitrogens with zero attached hydrogens (tertiary/aromatic N) is 1. The molecule has 0 unspecified atom stereocenters. The summed E-state index contributed by atoms with van der Waals surface area (Å²) in [6.45, 7) is 1.17. The Bertz CT molecular complexity index is 1230. The molecular weight excluding hydrogens is 461 g/mol. The molecule has 31 heavy (non-hydrogen) atoms. The van der Waals surface area contributed by atoms with Gasteiger partial charge in [0.1, 0.15) is 18.0 Å². The van der Waals surface area contributed by atoms with Gasteiger partial charge in [-0.2, -0.15) is 0 Å². The lowest BCUT2D eigenvalue weighted by molar-refractivity contribution is -0.135. The van der Waals surface area contributed by atoms with Crippen LogP contribution in [0.2, 0.25) is 10.0 Å². The summed E-state index contributed by atoms with van der Waals surface area (Å²) in [6.07, 6.45) is 0.945. The lowest BCUT2D eigenvalue weighted by atomic mass is 10.0. The highest BCUT2D eigenvalue weighted by molar-refractivity contribution is 7.92. The van der Waals surface area contributed by atoms with Gasteiger partial charge in [0.2, 0.25) is 10.0 Å². The number of anilines is 1. The summed E-state index contributed by atoms with van der Waals surface area (Å²) < 4.78 is 31.3. The van der Waals surface area contributed by atoms with Crippen molar-refractivity contribution in [3.63, 3.8) is 0 Å². The Morgan fingerprint density at radius 3 is 2.29 bits per heavy atom. The van der Waals surface area contributed by atoms with Crippen molar-refractivity contribution in [3.8, 4) is 22.6 Å². The highest BCUT2D eigenvalue weighted by atomic mass is 35.5. The summed E-state index contributed by atoms with van der Waals surface area (Å²) in [4.78, 5) is 11.2. The molecule has 0 saturated carbocycles. The van der Waals surface area contributed by atoms with Gasteiger partial charge in [0, 0.05) is 16.7 Å². The number of sulfonamides is 1. The molecule has 3 rings (SSSR count). The van der Waals surface area contributed by atoms with Crippen molar-refractivity contribution in [1.29, 1.82) is 0 Å². The van der Waals surface area contributed by atoms with Gasteiger partial charge in [0.05, 0.1) is 17.0 Å². The van der Waals surface area contributed by atoms with Gasteiger partial charge in [-0.3, -0.25) is 9.10 Å². The quantitative estimate of drug-likeness (QED) is 0.475. The average molecular weight is 480 g/mol. The average Bonchev–Trinajstić information content (AvgIpc) is 2.69. The van der Waals surface area contributed by atoms with E-state index in [0.717, 1.165) is 21.7 Å². The molecule has 1 N–H and O–H groups in total. The van der Waals surface area contributed by atoms with Crippen molar-refractivity contribution in [2.45, 2.75) is 6.92 Å². The predicted octanol–water partition coefficient (Wildman–Crippen LogP) is 5.61. The summed E-state index contributed by atoms with van der Waals surface area (Å²) >= 11 is 12.3. The molecule has 0 aliphatic rings. The first-order valence-corrected chi connectivity index (χ1v) is 11.7. The highest BCUT2D eigenvalue weighted by Crippen LogP contribution is 2.39. The number of hydrogen-bond donors (Lipinski definition) is 1. The van der Waals surface area contributed by atoms with Crippen LogP contribution in [0.4, 0.5) is 5.69 Å². The number of hydrogen-bond acceptors (Lipinski definition) is 4. The first kappa shape index (κ1) is 22.9. The maximum Gasteiger partial charge on any atom is 0.324 e. The van der Waals surface area contributed by atoms with Gasteiger partial charge in [0.25, 0.3) is 0 Å². The fourth-order valence-corrected chi connectivity index (χ4v) is 4.07. The number of carboxylic acids is 1. The van der Waals surface area contributed by atoms with E-state index in [1.807, 2.05) is 13.0 Å². The number of ether oxygens (including phenoxy) is 1. The van der Waals surface area contributed by atoms with Crippen molar-refractivity contribution in [2.75, 3.05) is 17.1 Å². The minimum atomic E-state index is -3.85. The Morgan fingerprint density at radius 1 is 1.00 bits per heavy atom. The normalized spacial score (nSPS) is 11.2. The van der Waals surface area contributed by atoms with E-state index in [4.69, 9.17) is 27.9 Å². The van der Waals surface area contributed by atoms with E-state index in [2.05, 4.69) is 0 Å². The van der Waals surface area contributed by atoms with Gasteiger partial charge < -0.3 is 9.84 Å². The third kappa shape index (κ3) is 5.70. The molecule has 0 heterocycles. The third-order valence-electron chi connectivity index (χ3n) is 4.39. The van der Waals surface area contributed by atoms with Gasteiger partial charge in [-0.1, -0.05) is 41.4 Å². The van der Waals surface area contributed by atoms with E-state index >= 15 is 0 Å². The minimum Gasteiger partial charge on any atom is -0.480 e. The van der Waals surface area contributed by atoms with Gasteiger partial charge >= 0.3 is 5.97 Å². The maximum atomic E-state index is 12.2. The fourth-order valence-electron chi connectivity index (χ4n) is 2.95. The second-order valence-corrected chi connectivity index (χ2v) is 9.64. The van der Waals surface area contributed by atoms with E-state index in [0.29, 0.717) is 27.1 Å². The van der Waals surface area contributed by atoms with Crippen LogP contribution in [0.3, 0.4) is 0 Å². The first-order valence-electron chi connectivity index (χ1n) is 9.08. The molecule has 0 aromatic heterocycles. The van der Waals surface area contributed by atoms with Crippen molar-refractivity contribution < 1.29 is 23.1 Å². The van der Waals surface area contributed by atoms with Crippen LogP contribution in [-0.4, -0.2) is 32.3 Å². The van der Waals surface area contributed by atoms with Crippen molar-refractivity contribution in [2.24, 2.45) is 0 Å². The zero-order valence-corrected chi connectivity index (χ0v) is 19.0. The summed E-state index contributed by atoms with van der Waals surface area (Å²) in [5.41, 5.74) is 2.51. The SMILES string of the molecule is Cc1ccc(Cl)c(Oc2cc(N(CC(=O)O)S(C)(=O)=O)ccc2-c2ccc(Cl)cc2)c1. The molecule has 0 atom stereocenters. The van der Waals surface area contributed by atoms with Crippen molar-refractivity contribution >= 4 is 44.9 Å². The van der Waals surface area contributed by atoms with E-state index in [-0.39, 0.29) is 5.69 Å². The van der Waals surface area contributed by atoms with Crippen LogP contribution in [0.5, 0.6) is 11.5 Å². The van der Waals surface area contributed by atoms with E-state index in [1.165, 1.54) is 12.1 Å². The standard InChI is InChI=1S/C22H19Cl2NO5S/c1-14-3-10-19(24)21(11-14)30-20-12-17(25(13-22(26)27)31(2,28)29)8-9-18(20)15-4-6-16(23)7-5-15/h3-12H,13H2,1-2H3,(H,26,27). The van der Waals surface area contributed by atoms with Gasteiger partial charge in [-0.25, -0.2) is 8.42 Å². The lowest BCUT2D eigenvalue weighted by Gasteiger charge is -2.22. The fraction of sp³-hybridized carbons (Fsp3) is 0.136. The number of halogens is 2. The Morgan fingerprint density at radius 2 is 1.68 bits per heavy atom. The monoisotopic (exact) mass is 479 g/mol. The Kier molecular flexibility index (Phi) is 6.79. The first-order chi connectivity index (χ1) is 14.5. The van der Waals surface area contributed by atoms with Crippen LogP contribution in [0.1, 0.15) is 5.56 Å². The molecule has 0 fully saturated rings. The molecule has 0 bridgehead atoms. The topological polar surface area (TPSA) is 83.9 Å². The Labute approximate surface area is 190 Å². The molecule has 9 heteroatoms. The molecular formula is C22H19Cl2NO5S. The summed E-state index contributed by atoms with van der Waals surface area (Å²) in [7, 11) is -3.85. The number of aryl methyl sites for hydroxylation is 1. The van der Waals surface area contributed by atoms with Gasteiger partial charge in [-0.15, -0.1) is 0 Å². The van der Waals surface area contributed by atoms with Crippen molar-refractivity contribution in [1.82, 2.24) is 0 Å². The van der Waals surface area contributed by atoms with Crippen LogP contribution < -0.4 is 9.04 Å². The summed E-state index contributed by atoms with van der Waals surface area (Å²) in [5, 5.41) is 10.1. The van der Waals surface area contributed by atoms with Crippen LogP contribution in [0.25, 0.3) is 11.1 Å². The van der Waals surface area contributed by atoms with Crippen molar-refractivity contribution in [3.05, 3.63) is 76.3 Å². The minimum absolute atomic E-state index is 0.154. The number of carboxylic acid groups (broad SMARTS) is 1. The van der Waals surface area contributed by atoms with Gasteiger partial charge in [-0.05, 0) is 54.4 Å². The molecule has 0 radical (unpaired) electrons. The molecule has 0 aliphatic carbocycles. The molecule has 0 saturated heterocycles. The molecule has 0 amide bonds. The third-order valence-corrected chi connectivity index (χ3v) is 6.10. The Balaban J connectivity index is 2.17. The largest absolute Gasteiger partial charge is 0.480 e. The van der Waals surface area contributed by atoms with E-state index in [9.17, 15) is 18.3 Å². The molecule has 0 aliphatic heterocycles.